The van der Waals surface area contributed by atoms with Crippen LogP contribution in [0.15, 0.2) is 41.8 Å². The zero-order valence-corrected chi connectivity index (χ0v) is 13.2. The van der Waals surface area contributed by atoms with Gasteiger partial charge in [-0.25, -0.2) is 4.79 Å². The van der Waals surface area contributed by atoms with E-state index in [2.05, 4.69) is 46.3 Å². The van der Waals surface area contributed by atoms with Gasteiger partial charge < -0.3 is 15.5 Å². The Kier molecular flexibility index (Phi) is 5.78. The van der Waals surface area contributed by atoms with Crippen LogP contribution in [0.3, 0.4) is 0 Å². The highest BCUT2D eigenvalue weighted by Gasteiger charge is 2.03. The van der Waals surface area contributed by atoms with Crippen LogP contribution in [0.1, 0.15) is 4.88 Å². The highest BCUT2D eigenvalue weighted by atomic mass is 32.1. The number of urea groups is 1. The molecular weight excluding hydrogens is 282 g/mol. The summed E-state index contributed by atoms with van der Waals surface area (Å²) in [7, 11) is 3.47. The summed E-state index contributed by atoms with van der Waals surface area (Å²) in [4.78, 5) is 14.2. The van der Waals surface area contributed by atoms with Gasteiger partial charge in [0.2, 0.25) is 0 Å². The van der Waals surface area contributed by atoms with Crippen LogP contribution in [0.5, 0.6) is 0 Å². The first-order valence-corrected chi connectivity index (χ1v) is 7.83. The lowest BCUT2D eigenvalue weighted by atomic mass is 10.1. The fourth-order valence-corrected chi connectivity index (χ4v) is 2.75. The summed E-state index contributed by atoms with van der Waals surface area (Å²) in [5, 5.41) is 8.35. The molecule has 0 aliphatic rings. The maximum absolute atomic E-state index is 11.3. The molecule has 0 saturated heterocycles. The van der Waals surface area contributed by atoms with Crippen LogP contribution in [0.4, 0.5) is 4.79 Å². The van der Waals surface area contributed by atoms with Crippen molar-refractivity contribution in [1.29, 1.82) is 0 Å². The Morgan fingerprint density at radius 1 is 1.14 bits per heavy atom. The maximum atomic E-state index is 11.3. The van der Waals surface area contributed by atoms with Crippen LogP contribution in [0.25, 0.3) is 11.1 Å². The number of nitrogens with one attached hydrogen (secondary N) is 2. The molecule has 2 N–H and O–H groups in total. The minimum Gasteiger partial charge on any atom is -0.337 e. The molecule has 0 bridgehead atoms. The van der Waals surface area contributed by atoms with E-state index in [1.54, 1.807) is 25.4 Å². The summed E-state index contributed by atoms with van der Waals surface area (Å²) in [5.41, 5.74) is 2.51. The van der Waals surface area contributed by atoms with Crippen molar-refractivity contribution < 1.29 is 4.79 Å². The lowest BCUT2D eigenvalue weighted by Crippen LogP contribution is -2.38. The van der Waals surface area contributed by atoms with Crippen molar-refractivity contribution in [2.24, 2.45) is 0 Å². The van der Waals surface area contributed by atoms with E-state index in [1.165, 1.54) is 20.9 Å². The van der Waals surface area contributed by atoms with Crippen molar-refractivity contribution in [3.05, 3.63) is 46.7 Å². The Balaban J connectivity index is 1.73. The third-order valence-corrected chi connectivity index (χ3v) is 3.98. The van der Waals surface area contributed by atoms with Crippen molar-refractivity contribution in [2.45, 2.75) is 6.54 Å². The van der Waals surface area contributed by atoms with Gasteiger partial charge in [0, 0.05) is 38.6 Å². The molecule has 0 spiro atoms. The minimum absolute atomic E-state index is 0.0562. The topological polar surface area (TPSA) is 44.4 Å². The molecule has 0 radical (unpaired) electrons. The number of hydrogen-bond donors (Lipinski definition) is 2. The van der Waals surface area contributed by atoms with E-state index in [4.69, 9.17) is 0 Å². The standard InChI is InChI=1S/C16H21N3OS/c1-19(2)16(20)18-9-8-17-11-15-10-14(12-21-15)13-6-4-3-5-7-13/h3-7,10,12,17H,8-9,11H2,1-2H3,(H,18,20). The number of benzene rings is 1. The average Bonchev–Trinajstić information content (AvgIpc) is 2.96. The average molecular weight is 303 g/mol. The Hall–Kier alpha value is -1.85. The third kappa shape index (κ3) is 4.88. The van der Waals surface area contributed by atoms with E-state index in [9.17, 15) is 4.79 Å². The SMILES string of the molecule is CN(C)C(=O)NCCNCc1cc(-c2ccccc2)cs1. The van der Waals surface area contributed by atoms with Gasteiger partial charge in [-0.1, -0.05) is 30.3 Å². The molecule has 1 aromatic heterocycles. The first kappa shape index (κ1) is 15.5. The van der Waals surface area contributed by atoms with Crippen LogP contribution >= 0.6 is 11.3 Å². The normalized spacial score (nSPS) is 10.4. The lowest BCUT2D eigenvalue weighted by molar-refractivity contribution is 0.217. The monoisotopic (exact) mass is 303 g/mol. The first-order valence-electron chi connectivity index (χ1n) is 6.95. The third-order valence-electron chi connectivity index (χ3n) is 3.04. The molecule has 2 rings (SSSR count). The summed E-state index contributed by atoms with van der Waals surface area (Å²) in [6.07, 6.45) is 0. The Morgan fingerprint density at radius 3 is 2.62 bits per heavy atom. The number of rotatable bonds is 6. The fourth-order valence-electron chi connectivity index (χ4n) is 1.88. The largest absolute Gasteiger partial charge is 0.337 e. The van der Waals surface area contributed by atoms with Crippen molar-refractivity contribution in [1.82, 2.24) is 15.5 Å². The number of amides is 2. The van der Waals surface area contributed by atoms with Gasteiger partial charge in [-0.05, 0) is 22.6 Å². The second kappa shape index (κ2) is 7.81. The van der Waals surface area contributed by atoms with E-state index in [0.29, 0.717) is 6.54 Å². The predicted octanol–water partition coefficient (Wildman–Crippen LogP) is 2.78. The molecule has 0 saturated carbocycles. The second-order valence-electron chi connectivity index (χ2n) is 4.97. The number of carbonyl (C=O) groups is 1. The molecule has 1 heterocycles. The Morgan fingerprint density at radius 2 is 1.90 bits per heavy atom. The molecule has 0 fully saturated rings. The van der Waals surface area contributed by atoms with Gasteiger partial charge in [0.05, 0.1) is 0 Å². The van der Waals surface area contributed by atoms with Crippen LogP contribution in [-0.4, -0.2) is 38.1 Å². The van der Waals surface area contributed by atoms with Crippen LogP contribution < -0.4 is 10.6 Å². The van der Waals surface area contributed by atoms with Gasteiger partial charge in [0.1, 0.15) is 0 Å². The van der Waals surface area contributed by atoms with Crippen LogP contribution in [0.2, 0.25) is 0 Å². The van der Waals surface area contributed by atoms with E-state index >= 15 is 0 Å². The summed E-state index contributed by atoms with van der Waals surface area (Å²) in [6, 6.07) is 12.5. The molecule has 0 atom stereocenters. The molecule has 0 unspecified atom stereocenters. The molecule has 2 amide bonds. The van der Waals surface area contributed by atoms with Crippen LogP contribution in [0, 0.1) is 0 Å². The quantitative estimate of drug-likeness (QED) is 0.806. The van der Waals surface area contributed by atoms with E-state index in [-0.39, 0.29) is 6.03 Å². The molecule has 21 heavy (non-hydrogen) atoms. The molecule has 0 aliphatic carbocycles. The molecule has 1 aromatic carbocycles. The Labute approximate surface area is 129 Å². The molecule has 112 valence electrons. The van der Waals surface area contributed by atoms with E-state index < -0.39 is 0 Å². The highest BCUT2D eigenvalue weighted by molar-refractivity contribution is 7.10. The first-order chi connectivity index (χ1) is 10.2. The molecular formula is C16H21N3OS. The number of thiophene rings is 1. The summed E-state index contributed by atoms with van der Waals surface area (Å²) in [6.45, 7) is 2.22. The van der Waals surface area contributed by atoms with Gasteiger partial charge in [0.15, 0.2) is 0 Å². The smallest absolute Gasteiger partial charge is 0.316 e. The molecule has 4 nitrogen and oxygen atoms in total. The fraction of sp³-hybridized carbons (Fsp3) is 0.312. The van der Waals surface area contributed by atoms with Gasteiger partial charge >= 0.3 is 6.03 Å². The van der Waals surface area contributed by atoms with Crippen LogP contribution in [-0.2, 0) is 6.54 Å². The summed E-state index contributed by atoms with van der Waals surface area (Å²) < 4.78 is 0. The van der Waals surface area contributed by atoms with Crippen molar-refractivity contribution in [2.75, 3.05) is 27.2 Å². The lowest BCUT2D eigenvalue weighted by Gasteiger charge is -2.11. The number of hydrogen-bond acceptors (Lipinski definition) is 3. The molecule has 0 aliphatic heterocycles. The van der Waals surface area contributed by atoms with Crippen molar-refractivity contribution >= 4 is 17.4 Å². The summed E-state index contributed by atoms with van der Waals surface area (Å²) >= 11 is 1.76. The number of carbonyl (C=O) groups excluding carboxylic acids is 1. The molecule has 2 aromatic rings. The van der Waals surface area contributed by atoms with Gasteiger partial charge in [-0.15, -0.1) is 11.3 Å². The van der Waals surface area contributed by atoms with E-state index in [1.807, 2.05) is 6.07 Å². The second-order valence-corrected chi connectivity index (χ2v) is 5.97. The summed E-state index contributed by atoms with van der Waals surface area (Å²) in [5.74, 6) is 0. The number of nitrogens with zero attached hydrogens (tertiary/aromatic N) is 1. The zero-order valence-electron chi connectivity index (χ0n) is 12.4. The highest BCUT2D eigenvalue weighted by Crippen LogP contribution is 2.25. The minimum atomic E-state index is -0.0562. The van der Waals surface area contributed by atoms with Crippen molar-refractivity contribution in [3.8, 4) is 11.1 Å². The zero-order chi connectivity index (χ0) is 15.1. The van der Waals surface area contributed by atoms with Gasteiger partial charge in [-0.3, -0.25) is 0 Å². The van der Waals surface area contributed by atoms with E-state index in [0.717, 1.165) is 13.1 Å². The Bertz CT molecular complexity index is 566. The molecule has 5 heteroatoms. The van der Waals surface area contributed by atoms with Crippen molar-refractivity contribution in [3.63, 3.8) is 0 Å². The predicted molar refractivity (Wildman–Crippen MR) is 88.5 cm³/mol. The van der Waals surface area contributed by atoms with Gasteiger partial charge in [0.25, 0.3) is 0 Å². The van der Waals surface area contributed by atoms with Gasteiger partial charge in [-0.2, -0.15) is 0 Å². The maximum Gasteiger partial charge on any atom is 0.316 e.